The Hall–Kier alpha value is -0.860. The van der Waals surface area contributed by atoms with Gasteiger partial charge in [0, 0.05) is 31.3 Å². The molecule has 4 aliphatic rings. The second kappa shape index (κ2) is 5.07. The Labute approximate surface area is 140 Å². The molecule has 0 spiro atoms. The van der Waals surface area contributed by atoms with Crippen LogP contribution in [0.3, 0.4) is 0 Å². The molecule has 0 radical (unpaired) electrons. The zero-order valence-corrected chi connectivity index (χ0v) is 14.9. The van der Waals surface area contributed by atoms with E-state index in [2.05, 4.69) is 18.7 Å². The number of amides is 1. The smallest absolute Gasteiger partial charge is 0.219 e. The Kier molecular flexibility index (Phi) is 3.45. The van der Waals surface area contributed by atoms with Gasteiger partial charge >= 0.3 is 0 Å². The molecule has 0 aromatic rings. The average molecular weight is 317 g/mol. The van der Waals surface area contributed by atoms with Crippen LogP contribution >= 0.6 is 0 Å². The number of ketones is 1. The lowest BCUT2D eigenvalue weighted by atomic mass is 9.47. The van der Waals surface area contributed by atoms with Crippen molar-refractivity contribution in [2.75, 3.05) is 6.54 Å². The van der Waals surface area contributed by atoms with Crippen molar-refractivity contribution in [3.05, 3.63) is 0 Å². The van der Waals surface area contributed by atoms with Gasteiger partial charge in [-0.2, -0.15) is 0 Å². The van der Waals surface area contributed by atoms with E-state index < -0.39 is 0 Å². The molecule has 3 heteroatoms. The van der Waals surface area contributed by atoms with Gasteiger partial charge in [-0.1, -0.05) is 13.8 Å². The van der Waals surface area contributed by atoms with Crippen LogP contribution in [0.5, 0.6) is 0 Å². The normalized spacial score (nSPS) is 49.3. The van der Waals surface area contributed by atoms with Gasteiger partial charge in [-0.3, -0.25) is 9.59 Å². The van der Waals surface area contributed by atoms with E-state index in [4.69, 9.17) is 0 Å². The Bertz CT molecular complexity index is 544. The number of hydrogen-bond donors (Lipinski definition) is 0. The molecule has 0 aromatic heterocycles. The molecule has 3 aliphatic carbocycles. The largest absolute Gasteiger partial charge is 0.339 e. The van der Waals surface area contributed by atoms with E-state index in [1.165, 1.54) is 19.3 Å². The number of fused-ring (bicyclic) bond motifs is 5. The molecule has 23 heavy (non-hydrogen) atoms. The van der Waals surface area contributed by atoms with E-state index in [0.717, 1.165) is 38.6 Å². The highest BCUT2D eigenvalue weighted by molar-refractivity contribution is 5.87. The molecule has 4 fully saturated rings. The number of carbonyl (C=O) groups is 2. The topological polar surface area (TPSA) is 37.4 Å². The van der Waals surface area contributed by atoms with Crippen molar-refractivity contribution in [1.29, 1.82) is 0 Å². The van der Waals surface area contributed by atoms with E-state index in [-0.39, 0.29) is 16.7 Å². The summed E-state index contributed by atoms with van der Waals surface area (Å²) in [5.74, 6) is 2.83. The lowest BCUT2D eigenvalue weighted by Gasteiger charge is -2.61. The molecule has 6 atom stereocenters. The molecule has 3 saturated carbocycles. The highest BCUT2D eigenvalue weighted by atomic mass is 16.2. The molecule has 1 saturated heterocycles. The minimum Gasteiger partial charge on any atom is -0.339 e. The number of rotatable bonds is 0. The molecule has 1 aliphatic heterocycles. The van der Waals surface area contributed by atoms with Crippen LogP contribution in [0.25, 0.3) is 0 Å². The summed E-state index contributed by atoms with van der Waals surface area (Å²) in [6.45, 7) is 7.40. The fourth-order valence-corrected chi connectivity index (χ4v) is 7.23. The Balaban J connectivity index is 1.66. The maximum Gasteiger partial charge on any atom is 0.219 e. The number of carbonyl (C=O) groups excluding carboxylic acids is 2. The third-order valence-corrected chi connectivity index (χ3v) is 8.42. The van der Waals surface area contributed by atoms with Gasteiger partial charge in [0.15, 0.2) is 0 Å². The summed E-state index contributed by atoms with van der Waals surface area (Å²) in [6, 6.07) is 0.441. The van der Waals surface area contributed by atoms with Crippen LogP contribution in [-0.4, -0.2) is 29.2 Å². The lowest BCUT2D eigenvalue weighted by molar-refractivity contribution is -0.155. The number of Topliss-reactive ketones (excluding diaryl/α,β-unsaturated/α-hetero) is 1. The van der Waals surface area contributed by atoms with Crippen molar-refractivity contribution >= 4 is 11.7 Å². The summed E-state index contributed by atoms with van der Waals surface area (Å²) in [7, 11) is 0. The average Bonchev–Trinajstić information content (AvgIpc) is 2.81. The van der Waals surface area contributed by atoms with Gasteiger partial charge in [-0.15, -0.1) is 0 Å². The van der Waals surface area contributed by atoms with E-state index in [9.17, 15) is 9.59 Å². The summed E-state index contributed by atoms with van der Waals surface area (Å²) >= 11 is 0. The summed E-state index contributed by atoms with van der Waals surface area (Å²) in [4.78, 5) is 26.7. The molecule has 1 amide bonds. The van der Waals surface area contributed by atoms with Crippen LogP contribution in [0.4, 0.5) is 0 Å². The Morgan fingerprint density at radius 3 is 2.61 bits per heavy atom. The second-order valence-corrected chi connectivity index (χ2v) is 9.21. The van der Waals surface area contributed by atoms with Crippen molar-refractivity contribution < 1.29 is 9.59 Å². The SMILES string of the molecule is CC(=O)N1CCC[C@@]2(C)[C@@H]1CC[C@@H]1[C@@H]2CC[C@]2(C)C(=O)CC[C@@H]12. The maximum atomic E-state index is 12.5. The fraction of sp³-hybridized carbons (Fsp3) is 0.900. The van der Waals surface area contributed by atoms with Gasteiger partial charge in [-0.25, -0.2) is 0 Å². The minimum absolute atomic E-state index is 0.0285. The zero-order valence-electron chi connectivity index (χ0n) is 14.9. The van der Waals surface area contributed by atoms with Crippen molar-refractivity contribution in [2.45, 2.75) is 78.2 Å². The van der Waals surface area contributed by atoms with Crippen LogP contribution in [0, 0.1) is 28.6 Å². The Morgan fingerprint density at radius 2 is 1.87 bits per heavy atom. The number of hydrogen-bond acceptors (Lipinski definition) is 2. The molecule has 0 bridgehead atoms. The van der Waals surface area contributed by atoms with E-state index in [1.54, 1.807) is 6.92 Å². The molecule has 1 heterocycles. The summed E-state index contributed by atoms with van der Waals surface area (Å²) in [6.07, 6.45) is 9.00. The zero-order chi connectivity index (χ0) is 16.4. The molecule has 0 aromatic carbocycles. The van der Waals surface area contributed by atoms with Gasteiger partial charge in [-0.05, 0) is 68.1 Å². The molecule has 0 unspecified atom stereocenters. The quantitative estimate of drug-likeness (QED) is 0.681. The highest BCUT2D eigenvalue weighted by Gasteiger charge is 2.60. The predicted molar refractivity (Wildman–Crippen MR) is 89.8 cm³/mol. The van der Waals surface area contributed by atoms with Gasteiger partial charge in [0.2, 0.25) is 5.91 Å². The lowest BCUT2D eigenvalue weighted by Crippen LogP contribution is -2.61. The third-order valence-electron chi connectivity index (χ3n) is 8.42. The predicted octanol–water partition coefficient (Wildman–Crippen LogP) is 3.81. The van der Waals surface area contributed by atoms with Crippen LogP contribution in [-0.2, 0) is 9.59 Å². The van der Waals surface area contributed by atoms with Gasteiger partial charge in [0.25, 0.3) is 0 Å². The van der Waals surface area contributed by atoms with Gasteiger partial charge in [0.1, 0.15) is 5.78 Å². The monoisotopic (exact) mass is 317 g/mol. The van der Waals surface area contributed by atoms with Crippen molar-refractivity contribution in [3.63, 3.8) is 0 Å². The number of piperidine rings is 1. The van der Waals surface area contributed by atoms with E-state index in [0.29, 0.717) is 29.6 Å². The number of nitrogens with zero attached hydrogens (tertiary/aromatic N) is 1. The molecule has 128 valence electrons. The second-order valence-electron chi connectivity index (χ2n) is 9.21. The first-order chi connectivity index (χ1) is 10.9. The van der Waals surface area contributed by atoms with Crippen molar-refractivity contribution in [1.82, 2.24) is 4.90 Å². The summed E-state index contributed by atoms with van der Waals surface area (Å²) in [5, 5.41) is 0. The first-order valence-electron chi connectivity index (χ1n) is 9.68. The first kappa shape index (κ1) is 15.7. The van der Waals surface area contributed by atoms with Crippen molar-refractivity contribution in [2.24, 2.45) is 28.6 Å². The third kappa shape index (κ3) is 2.01. The Morgan fingerprint density at radius 1 is 1.09 bits per heavy atom. The van der Waals surface area contributed by atoms with Gasteiger partial charge in [0.05, 0.1) is 0 Å². The molecule has 0 N–H and O–H groups in total. The first-order valence-corrected chi connectivity index (χ1v) is 9.68. The van der Waals surface area contributed by atoms with Crippen LogP contribution in [0.1, 0.15) is 72.1 Å². The molecular weight excluding hydrogens is 286 g/mol. The minimum atomic E-state index is -0.0285. The van der Waals surface area contributed by atoms with Gasteiger partial charge < -0.3 is 4.90 Å². The van der Waals surface area contributed by atoms with E-state index in [1.807, 2.05) is 0 Å². The summed E-state index contributed by atoms with van der Waals surface area (Å²) in [5.41, 5.74) is 0.249. The van der Waals surface area contributed by atoms with Crippen molar-refractivity contribution in [3.8, 4) is 0 Å². The number of likely N-dealkylation sites (tertiary alicyclic amines) is 1. The van der Waals surface area contributed by atoms with Crippen LogP contribution < -0.4 is 0 Å². The van der Waals surface area contributed by atoms with Crippen LogP contribution in [0.15, 0.2) is 0 Å². The summed E-state index contributed by atoms with van der Waals surface area (Å²) < 4.78 is 0. The van der Waals surface area contributed by atoms with E-state index >= 15 is 0 Å². The molecule has 4 rings (SSSR count). The van der Waals surface area contributed by atoms with Crippen LogP contribution in [0.2, 0.25) is 0 Å². The highest BCUT2D eigenvalue weighted by Crippen LogP contribution is 2.63. The fourth-order valence-electron chi connectivity index (χ4n) is 7.23. The maximum absolute atomic E-state index is 12.5. The standard InChI is InChI=1S/C20H31NO2/c1-13(22)21-12-4-10-19(2)16-9-11-20(3)15(6-8-18(20)23)14(16)5-7-17(19)21/h14-17H,4-12H2,1-3H3/t14-,15-,16-,17-,19+,20-/m0/s1. The molecular formula is C20H31NO2. The molecule has 3 nitrogen and oxygen atoms in total.